The normalized spacial score (nSPS) is 14.6. The molecule has 4 rings (SSSR count). The van der Waals surface area contributed by atoms with Gasteiger partial charge in [0, 0.05) is 39.3 Å². The fraction of sp³-hybridized carbons (Fsp3) is 0.357. The lowest BCUT2D eigenvalue weighted by atomic mass is 10.1. The van der Waals surface area contributed by atoms with E-state index in [0.717, 1.165) is 5.56 Å². The van der Waals surface area contributed by atoms with Gasteiger partial charge in [0.05, 0.1) is 32.2 Å². The maximum Gasteiger partial charge on any atom is 0.309 e. The summed E-state index contributed by atoms with van der Waals surface area (Å²) in [6.07, 6.45) is 2.11. The zero-order valence-electron chi connectivity index (χ0n) is 21.6. The highest BCUT2D eigenvalue weighted by molar-refractivity contribution is 6.35. The Morgan fingerprint density at radius 2 is 1.68 bits per heavy atom. The maximum absolute atomic E-state index is 14.2. The Bertz CT molecular complexity index is 1210. The van der Waals surface area contributed by atoms with E-state index in [0.29, 0.717) is 62.1 Å². The van der Waals surface area contributed by atoms with Crippen LogP contribution in [0.25, 0.3) is 0 Å². The number of furan rings is 1. The highest BCUT2D eigenvalue weighted by Gasteiger charge is 2.28. The Kier molecular flexibility index (Phi) is 9.21. The van der Waals surface area contributed by atoms with Crippen molar-refractivity contribution in [3.05, 3.63) is 78.0 Å². The van der Waals surface area contributed by atoms with Crippen molar-refractivity contribution < 1.29 is 27.9 Å². The van der Waals surface area contributed by atoms with Gasteiger partial charge in [-0.25, -0.2) is 4.39 Å². The van der Waals surface area contributed by atoms with Crippen molar-refractivity contribution >= 4 is 17.5 Å². The fourth-order valence-corrected chi connectivity index (χ4v) is 4.58. The molecule has 2 aromatic carbocycles. The third-order valence-corrected chi connectivity index (χ3v) is 6.63. The highest BCUT2D eigenvalue weighted by Crippen LogP contribution is 2.28. The van der Waals surface area contributed by atoms with E-state index in [4.69, 9.17) is 13.9 Å². The maximum atomic E-state index is 14.2. The Labute approximate surface area is 221 Å². The van der Waals surface area contributed by atoms with Crippen molar-refractivity contribution in [1.82, 2.24) is 15.5 Å². The van der Waals surface area contributed by atoms with Crippen LogP contribution in [-0.4, -0.2) is 70.2 Å². The molecule has 10 heteroatoms. The monoisotopic (exact) mass is 524 g/mol. The van der Waals surface area contributed by atoms with E-state index >= 15 is 0 Å². The number of ether oxygens (including phenoxy) is 2. The molecule has 0 bridgehead atoms. The van der Waals surface area contributed by atoms with Crippen molar-refractivity contribution in [3.8, 4) is 11.5 Å². The van der Waals surface area contributed by atoms with Crippen LogP contribution in [0.4, 0.5) is 10.1 Å². The predicted octanol–water partition coefficient (Wildman–Crippen LogP) is 2.77. The predicted molar refractivity (Wildman–Crippen MR) is 141 cm³/mol. The number of anilines is 1. The molecule has 0 radical (unpaired) electrons. The molecular weight excluding hydrogens is 491 g/mol. The molecule has 1 fully saturated rings. The molecule has 0 spiro atoms. The number of amides is 2. The minimum absolute atomic E-state index is 0.204. The molecule has 2 heterocycles. The molecule has 9 nitrogen and oxygen atoms in total. The summed E-state index contributed by atoms with van der Waals surface area (Å²) in [6, 6.07) is 15.6. The summed E-state index contributed by atoms with van der Waals surface area (Å²) in [5, 5.41) is 5.40. The number of rotatable bonds is 10. The van der Waals surface area contributed by atoms with Crippen LogP contribution in [-0.2, 0) is 16.0 Å². The van der Waals surface area contributed by atoms with Gasteiger partial charge in [-0.1, -0.05) is 18.2 Å². The van der Waals surface area contributed by atoms with E-state index < -0.39 is 11.8 Å². The number of nitrogens with one attached hydrogen (secondary N) is 2. The standard InChI is InChI=1S/C28H33FN4O5/c1-36-25-10-9-20(18-26(25)37-2)11-12-30-27(34)28(35)31-19-23(24-8-5-17-38-24)33-15-13-32(14-16-33)22-7-4-3-6-21(22)29/h3-10,17-18,23H,11-16,19H2,1-2H3,(H,30,34)(H,31,35)/t23-/m0/s1. The van der Waals surface area contributed by atoms with E-state index in [9.17, 15) is 14.0 Å². The highest BCUT2D eigenvalue weighted by atomic mass is 19.1. The second kappa shape index (κ2) is 13.0. The van der Waals surface area contributed by atoms with Crippen molar-refractivity contribution in [2.75, 3.05) is 58.4 Å². The summed E-state index contributed by atoms with van der Waals surface area (Å²) in [5.41, 5.74) is 1.52. The van der Waals surface area contributed by atoms with Crippen LogP contribution in [0.1, 0.15) is 17.4 Å². The largest absolute Gasteiger partial charge is 0.493 e. The Morgan fingerprint density at radius 3 is 2.37 bits per heavy atom. The Balaban J connectivity index is 1.28. The van der Waals surface area contributed by atoms with Gasteiger partial charge < -0.3 is 29.4 Å². The summed E-state index contributed by atoms with van der Waals surface area (Å²) in [7, 11) is 3.13. The van der Waals surface area contributed by atoms with Crippen molar-refractivity contribution in [3.63, 3.8) is 0 Å². The molecule has 2 amide bonds. The molecule has 3 aromatic rings. The molecule has 0 aliphatic carbocycles. The van der Waals surface area contributed by atoms with Gasteiger partial charge in [-0.3, -0.25) is 14.5 Å². The molecule has 1 aromatic heterocycles. The number of halogens is 1. The number of hydrogen-bond donors (Lipinski definition) is 2. The number of carbonyl (C=O) groups excluding carboxylic acids is 2. The number of para-hydroxylation sites is 1. The molecule has 0 unspecified atom stereocenters. The van der Waals surface area contributed by atoms with Crippen LogP contribution in [0, 0.1) is 5.82 Å². The van der Waals surface area contributed by atoms with E-state index in [-0.39, 0.29) is 18.4 Å². The molecule has 202 valence electrons. The van der Waals surface area contributed by atoms with E-state index in [1.165, 1.54) is 6.07 Å². The van der Waals surface area contributed by atoms with Crippen molar-refractivity contribution in [2.45, 2.75) is 12.5 Å². The van der Waals surface area contributed by atoms with Gasteiger partial charge in [-0.15, -0.1) is 0 Å². The van der Waals surface area contributed by atoms with Crippen LogP contribution in [0.5, 0.6) is 11.5 Å². The van der Waals surface area contributed by atoms with Gasteiger partial charge >= 0.3 is 11.8 Å². The first kappa shape index (κ1) is 27.0. The van der Waals surface area contributed by atoms with Crippen LogP contribution in [0.3, 0.4) is 0 Å². The zero-order valence-corrected chi connectivity index (χ0v) is 21.6. The van der Waals surface area contributed by atoms with Gasteiger partial charge in [0.1, 0.15) is 11.6 Å². The average molecular weight is 525 g/mol. The van der Waals surface area contributed by atoms with Gasteiger partial charge in [-0.05, 0) is 48.4 Å². The van der Waals surface area contributed by atoms with Gasteiger partial charge in [0.25, 0.3) is 0 Å². The van der Waals surface area contributed by atoms with Crippen molar-refractivity contribution in [2.24, 2.45) is 0 Å². The van der Waals surface area contributed by atoms with E-state index in [1.54, 1.807) is 44.7 Å². The summed E-state index contributed by atoms with van der Waals surface area (Å²) in [6.45, 7) is 3.04. The SMILES string of the molecule is COc1ccc(CCNC(=O)C(=O)NC[C@@H](c2ccco2)N2CCN(c3ccccc3F)CC2)cc1OC. The molecule has 1 aliphatic heterocycles. The smallest absolute Gasteiger partial charge is 0.309 e. The first-order chi connectivity index (χ1) is 18.5. The number of carbonyl (C=O) groups is 2. The minimum atomic E-state index is -0.709. The average Bonchev–Trinajstić information content (AvgIpc) is 3.48. The zero-order chi connectivity index (χ0) is 26.9. The fourth-order valence-electron chi connectivity index (χ4n) is 4.58. The third kappa shape index (κ3) is 6.63. The Hall–Kier alpha value is -4.05. The number of piperazine rings is 1. The summed E-state index contributed by atoms with van der Waals surface area (Å²) in [5.74, 6) is 0.269. The Morgan fingerprint density at radius 1 is 0.947 bits per heavy atom. The summed E-state index contributed by atoms with van der Waals surface area (Å²) < 4.78 is 30.4. The van der Waals surface area contributed by atoms with Crippen LogP contribution in [0.15, 0.2) is 65.3 Å². The first-order valence-corrected chi connectivity index (χ1v) is 12.5. The summed E-state index contributed by atoms with van der Waals surface area (Å²) >= 11 is 0. The van der Waals surface area contributed by atoms with E-state index in [2.05, 4.69) is 15.5 Å². The van der Waals surface area contributed by atoms with Crippen LogP contribution in [0.2, 0.25) is 0 Å². The molecule has 38 heavy (non-hydrogen) atoms. The van der Waals surface area contributed by atoms with Crippen LogP contribution >= 0.6 is 0 Å². The number of benzene rings is 2. The molecule has 2 N–H and O–H groups in total. The lowest BCUT2D eigenvalue weighted by Gasteiger charge is -2.39. The van der Waals surface area contributed by atoms with Crippen LogP contribution < -0.4 is 25.0 Å². The second-order valence-electron chi connectivity index (χ2n) is 8.91. The second-order valence-corrected chi connectivity index (χ2v) is 8.91. The molecule has 1 saturated heterocycles. The topological polar surface area (TPSA) is 96.3 Å². The van der Waals surface area contributed by atoms with Gasteiger partial charge in [0.15, 0.2) is 11.5 Å². The summed E-state index contributed by atoms with van der Waals surface area (Å²) in [4.78, 5) is 29.1. The molecule has 1 atom stereocenters. The molecule has 0 saturated carbocycles. The van der Waals surface area contributed by atoms with Gasteiger partial charge in [0.2, 0.25) is 0 Å². The third-order valence-electron chi connectivity index (χ3n) is 6.63. The van der Waals surface area contributed by atoms with Crippen molar-refractivity contribution in [1.29, 1.82) is 0 Å². The molecular formula is C28H33FN4O5. The van der Waals surface area contributed by atoms with Gasteiger partial charge in [-0.2, -0.15) is 0 Å². The van der Waals surface area contributed by atoms with E-state index in [1.807, 2.05) is 29.2 Å². The number of nitrogens with zero attached hydrogens (tertiary/aromatic N) is 2. The minimum Gasteiger partial charge on any atom is -0.493 e. The lowest BCUT2D eigenvalue weighted by Crippen LogP contribution is -2.51. The lowest BCUT2D eigenvalue weighted by molar-refractivity contribution is -0.139. The number of hydrogen-bond acceptors (Lipinski definition) is 7. The number of methoxy groups -OCH3 is 2. The molecule has 1 aliphatic rings. The first-order valence-electron chi connectivity index (χ1n) is 12.5. The quantitative estimate of drug-likeness (QED) is 0.394.